The van der Waals surface area contributed by atoms with Gasteiger partial charge < -0.3 is 4.90 Å². The lowest BCUT2D eigenvalue weighted by atomic mass is 9.96. The van der Waals surface area contributed by atoms with Crippen LogP contribution in [0, 0.1) is 11.6 Å². The molecule has 152 valence electrons. The van der Waals surface area contributed by atoms with Gasteiger partial charge in [-0.2, -0.15) is 5.10 Å². The molecule has 2 aromatic carbocycles. The van der Waals surface area contributed by atoms with Crippen LogP contribution in [0.1, 0.15) is 22.7 Å². The third-order valence-corrected chi connectivity index (χ3v) is 5.62. The Balaban J connectivity index is 1.44. The van der Waals surface area contributed by atoms with Crippen molar-refractivity contribution in [3.05, 3.63) is 89.2 Å². The van der Waals surface area contributed by atoms with E-state index in [-0.39, 0.29) is 17.7 Å². The van der Waals surface area contributed by atoms with Crippen LogP contribution in [0.15, 0.2) is 60.9 Å². The first-order chi connectivity index (χ1) is 14.1. The van der Waals surface area contributed by atoms with Gasteiger partial charge in [0.05, 0.1) is 12.2 Å². The van der Waals surface area contributed by atoms with Crippen molar-refractivity contribution in [3.8, 4) is 0 Å². The molecule has 4 nitrogen and oxygen atoms in total. The fourth-order valence-electron chi connectivity index (χ4n) is 4.04. The van der Waals surface area contributed by atoms with E-state index in [1.807, 2.05) is 42.2 Å². The Labute approximate surface area is 170 Å². The third-order valence-electron chi connectivity index (χ3n) is 5.62. The summed E-state index contributed by atoms with van der Waals surface area (Å²) in [5.74, 6) is -0.487. The second-order valence-corrected chi connectivity index (χ2v) is 7.66. The average Bonchev–Trinajstić information content (AvgIpc) is 3.15. The largest absolute Gasteiger partial charge is 0.300 e. The number of aryl methyl sites for hydroxylation is 1. The standard InChI is InChI=1S/C23H26F2N4/c1-27-17-18(16-26-27)10-11-28-12-14-29(15-13-28)23(19-2-6-21(24)7-3-19)20-4-8-22(25)9-5-20/h2-9,16-17,23H,10-15H2,1H3. The minimum Gasteiger partial charge on any atom is -0.300 e. The molecule has 1 aromatic heterocycles. The van der Waals surface area contributed by atoms with Crippen LogP contribution >= 0.6 is 0 Å². The minimum absolute atomic E-state index is 0.00308. The van der Waals surface area contributed by atoms with E-state index >= 15 is 0 Å². The number of benzene rings is 2. The second kappa shape index (κ2) is 8.84. The number of aromatic nitrogens is 2. The lowest BCUT2D eigenvalue weighted by Crippen LogP contribution is -2.48. The summed E-state index contributed by atoms with van der Waals surface area (Å²) in [5, 5.41) is 4.23. The van der Waals surface area contributed by atoms with Gasteiger partial charge in [-0.05, 0) is 47.4 Å². The average molecular weight is 396 g/mol. The molecule has 1 saturated heterocycles. The fourth-order valence-corrected chi connectivity index (χ4v) is 4.04. The molecule has 3 aromatic rings. The predicted molar refractivity (Wildman–Crippen MR) is 110 cm³/mol. The van der Waals surface area contributed by atoms with Gasteiger partial charge >= 0.3 is 0 Å². The Bertz CT molecular complexity index is 867. The van der Waals surface area contributed by atoms with E-state index in [9.17, 15) is 8.78 Å². The van der Waals surface area contributed by atoms with E-state index in [1.165, 1.54) is 29.8 Å². The summed E-state index contributed by atoms with van der Waals surface area (Å²) in [4.78, 5) is 4.87. The van der Waals surface area contributed by atoms with E-state index in [0.717, 1.165) is 50.3 Å². The summed E-state index contributed by atoms with van der Waals surface area (Å²) in [7, 11) is 1.94. The van der Waals surface area contributed by atoms with Crippen molar-refractivity contribution in [2.24, 2.45) is 7.05 Å². The van der Waals surface area contributed by atoms with Crippen molar-refractivity contribution in [2.45, 2.75) is 12.5 Å². The summed E-state index contributed by atoms with van der Waals surface area (Å²) in [5.41, 5.74) is 3.31. The first kappa shape index (κ1) is 19.7. The van der Waals surface area contributed by atoms with Gasteiger partial charge in [-0.3, -0.25) is 9.58 Å². The van der Waals surface area contributed by atoms with Crippen molar-refractivity contribution in [1.29, 1.82) is 0 Å². The normalized spacial score (nSPS) is 15.9. The highest BCUT2D eigenvalue weighted by atomic mass is 19.1. The molecule has 6 heteroatoms. The molecule has 0 atom stereocenters. The molecular weight excluding hydrogens is 370 g/mol. The number of nitrogens with zero attached hydrogens (tertiary/aromatic N) is 4. The number of rotatable bonds is 6. The van der Waals surface area contributed by atoms with Gasteiger partial charge in [0.1, 0.15) is 11.6 Å². The molecule has 0 aliphatic carbocycles. The van der Waals surface area contributed by atoms with Crippen molar-refractivity contribution in [1.82, 2.24) is 19.6 Å². The van der Waals surface area contributed by atoms with E-state index in [2.05, 4.69) is 21.1 Å². The zero-order valence-corrected chi connectivity index (χ0v) is 16.6. The van der Waals surface area contributed by atoms with Crippen LogP contribution in [-0.2, 0) is 13.5 Å². The van der Waals surface area contributed by atoms with Crippen LogP contribution in [0.3, 0.4) is 0 Å². The zero-order valence-electron chi connectivity index (χ0n) is 16.6. The monoisotopic (exact) mass is 396 g/mol. The Hall–Kier alpha value is -2.57. The van der Waals surface area contributed by atoms with Crippen LogP contribution in [0.25, 0.3) is 0 Å². The molecule has 1 aliphatic heterocycles. The van der Waals surface area contributed by atoms with Gasteiger partial charge in [-0.1, -0.05) is 24.3 Å². The SMILES string of the molecule is Cn1cc(CCN2CCN(C(c3ccc(F)cc3)c3ccc(F)cc3)CC2)cn1. The number of piperazine rings is 1. The maximum Gasteiger partial charge on any atom is 0.123 e. The first-order valence-corrected chi connectivity index (χ1v) is 10.0. The molecule has 1 aliphatic rings. The molecule has 0 spiro atoms. The zero-order chi connectivity index (χ0) is 20.2. The highest BCUT2D eigenvalue weighted by Crippen LogP contribution is 2.30. The van der Waals surface area contributed by atoms with E-state index in [4.69, 9.17) is 0 Å². The number of halogens is 2. The van der Waals surface area contributed by atoms with Crippen LogP contribution < -0.4 is 0 Å². The fraction of sp³-hybridized carbons (Fsp3) is 0.348. The lowest BCUT2D eigenvalue weighted by Gasteiger charge is -2.39. The Kier molecular flexibility index (Phi) is 6.02. The highest BCUT2D eigenvalue weighted by molar-refractivity contribution is 5.32. The molecule has 2 heterocycles. The van der Waals surface area contributed by atoms with Gasteiger partial charge in [-0.25, -0.2) is 8.78 Å². The topological polar surface area (TPSA) is 24.3 Å². The van der Waals surface area contributed by atoms with E-state index in [1.54, 1.807) is 0 Å². The molecule has 4 rings (SSSR count). The summed E-state index contributed by atoms with van der Waals surface area (Å²) >= 11 is 0. The lowest BCUT2D eigenvalue weighted by molar-refractivity contribution is 0.110. The Morgan fingerprint density at radius 2 is 1.41 bits per heavy atom. The quantitative estimate of drug-likeness (QED) is 0.636. The molecule has 0 unspecified atom stereocenters. The van der Waals surface area contributed by atoms with Crippen LogP contribution in [0.4, 0.5) is 8.78 Å². The van der Waals surface area contributed by atoms with E-state index < -0.39 is 0 Å². The van der Waals surface area contributed by atoms with Crippen molar-refractivity contribution >= 4 is 0 Å². The molecule has 0 bridgehead atoms. The molecule has 1 fully saturated rings. The van der Waals surface area contributed by atoms with Gasteiger partial charge in [0.2, 0.25) is 0 Å². The summed E-state index contributed by atoms with van der Waals surface area (Å²) in [6.45, 7) is 4.77. The third kappa shape index (κ3) is 4.89. The maximum absolute atomic E-state index is 13.4. The maximum atomic E-state index is 13.4. The molecule has 0 amide bonds. The van der Waals surface area contributed by atoms with Crippen molar-refractivity contribution in [3.63, 3.8) is 0 Å². The summed E-state index contributed by atoms with van der Waals surface area (Å²) in [6, 6.07) is 13.3. The molecule has 0 saturated carbocycles. The van der Waals surface area contributed by atoms with Crippen molar-refractivity contribution < 1.29 is 8.78 Å². The number of hydrogen-bond donors (Lipinski definition) is 0. The predicted octanol–water partition coefficient (Wildman–Crippen LogP) is 3.65. The van der Waals surface area contributed by atoms with Gasteiger partial charge in [-0.15, -0.1) is 0 Å². The first-order valence-electron chi connectivity index (χ1n) is 10.0. The Morgan fingerprint density at radius 1 is 0.862 bits per heavy atom. The summed E-state index contributed by atoms with van der Waals surface area (Å²) < 4.78 is 28.7. The van der Waals surface area contributed by atoms with Crippen LogP contribution in [0.2, 0.25) is 0 Å². The van der Waals surface area contributed by atoms with Crippen LogP contribution in [0.5, 0.6) is 0 Å². The minimum atomic E-state index is -0.244. The summed E-state index contributed by atoms with van der Waals surface area (Å²) in [6.07, 6.45) is 4.98. The smallest absolute Gasteiger partial charge is 0.123 e. The van der Waals surface area contributed by atoms with Gasteiger partial charge in [0.25, 0.3) is 0 Å². The number of hydrogen-bond acceptors (Lipinski definition) is 3. The molecule has 0 radical (unpaired) electrons. The Morgan fingerprint density at radius 3 is 1.90 bits per heavy atom. The van der Waals surface area contributed by atoms with Crippen LogP contribution in [-0.4, -0.2) is 52.3 Å². The highest BCUT2D eigenvalue weighted by Gasteiger charge is 2.26. The second-order valence-electron chi connectivity index (χ2n) is 7.66. The molecule has 29 heavy (non-hydrogen) atoms. The van der Waals surface area contributed by atoms with Gasteiger partial charge in [0.15, 0.2) is 0 Å². The van der Waals surface area contributed by atoms with Gasteiger partial charge in [0, 0.05) is 46.0 Å². The molecular formula is C23H26F2N4. The van der Waals surface area contributed by atoms with Crippen molar-refractivity contribution in [2.75, 3.05) is 32.7 Å². The van der Waals surface area contributed by atoms with E-state index in [0.29, 0.717) is 0 Å². The molecule has 0 N–H and O–H groups in total.